The standard InChI is InChI=1S/C14H19FN2O2S/c1-20-13-7-6-9(8-10(13)15)16-14(19)17-11-4-2-3-5-12(11)18/h6-8,11-12,18H,2-5H2,1H3,(H2,16,17,19)/t11-,12-/m1/s1. The first-order valence-electron chi connectivity index (χ1n) is 6.69. The Morgan fingerprint density at radius 3 is 2.80 bits per heavy atom. The zero-order chi connectivity index (χ0) is 14.5. The van der Waals surface area contributed by atoms with E-state index in [1.807, 2.05) is 0 Å². The van der Waals surface area contributed by atoms with Gasteiger partial charge in [-0.05, 0) is 37.3 Å². The summed E-state index contributed by atoms with van der Waals surface area (Å²) in [6.45, 7) is 0. The van der Waals surface area contributed by atoms with E-state index in [2.05, 4.69) is 10.6 Å². The minimum atomic E-state index is -0.495. The van der Waals surface area contributed by atoms with Crippen LogP contribution in [0.2, 0.25) is 0 Å². The van der Waals surface area contributed by atoms with Crippen LogP contribution in [0.5, 0.6) is 0 Å². The van der Waals surface area contributed by atoms with E-state index < -0.39 is 12.1 Å². The highest BCUT2D eigenvalue weighted by molar-refractivity contribution is 7.98. The number of urea groups is 1. The van der Waals surface area contributed by atoms with Crippen LogP contribution in [-0.2, 0) is 0 Å². The van der Waals surface area contributed by atoms with Gasteiger partial charge in [0.1, 0.15) is 5.82 Å². The molecule has 0 spiro atoms. The van der Waals surface area contributed by atoms with Crippen LogP contribution >= 0.6 is 11.8 Å². The molecule has 0 aromatic heterocycles. The van der Waals surface area contributed by atoms with Gasteiger partial charge in [-0.1, -0.05) is 12.8 Å². The number of halogens is 1. The molecule has 20 heavy (non-hydrogen) atoms. The van der Waals surface area contributed by atoms with E-state index in [0.29, 0.717) is 17.0 Å². The van der Waals surface area contributed by atoms with Crippen LogP contribution in [0.25, 0.3) is 0 Å². The van der Waals surface area contributed by atoms with E-state index in [1.54, 1.807) is 18.4 Å². The third-order valence-electron chi connectivity index (χ3n) is 3.46. The summed E-state index contributed by atoms with van der Waals surface area (Å²) in [4.78, 5) is 12.4. The number of amides is 2. The Morgan fingerprint density at radius 2 is 2.15 bits per heavy atom. The minimum absolute atomic E-state index is 0.223. The molecule has 4 nitrogen and oxygen atoms in total. The zero-order valence-electron chi connectivity index (χ0n) is 11.4. The maximum Gasteiger partial charge on any atom is 0.319 e. The number of anilines is 1. The van der Waals surface area contributed by atoms with Crippen molar-refractivity contribution in [1.82, 2.24) is 5.32 Å². The topological polar surface area (TPSA) is 61.4 Å². The van der Waals surface area contributed by atoms with Crippen molar-refractivity contribution in [2.24, 2.45) is 0 Å². The fourth-order valence-corrected chi connectivity index (χ4v) is 2.82. The van der Waals surface area contributed by atoms with Gasteiger partial charge >= 0.3 is 6.03 Å². The van der Waals surface area contributed by atoms with Gasteiger partial charge in [-0.3, -0.25) is 0 Å². The highest BCUT2D eigenvalue weighted by Gasteiger charge is 2.24. The first-order chi connectivity index (χ1) is 9.60. The second-order valence-corrected chi connectivity index (χ2v) is 5.75. The van der Waals surface area contributed by atoms with E-state index in [9.17, 15) is 14.3 Å². The molecule has 6 heteroatoms. The van der Waals surface area contributed by atoms with Gasteiger partial charge in [-0.15, -0.1) is 11.8 Å². The van der Waals surface area contributed by atoms with Gasteiger partial charge in [-0.2, -0.15) is 0 Å². The quantitative estimate of drug-likeness (QED) is 0.752. The van der Waals surface area contributed by atoms with Crippen LogP contribution in [0.3, 0.4) is 0 Å². The zero-order valence-corrected chi connectivity index (χ0v) is 12.2. The summed E-state index contributed by atoms with van der Waals surface area (Å²) in [5.41, 5.74) is 0.406. The summed E-state index contributed by atoms with van der Waals surface area (Å²) in [5, 5.41) is 15.1. The van der Waals surface area contributed by atoms with Crippen molar-refractivity contribution in [3.05, 3.63) is 24.0 Å². The maximum atomic E-state index is 13.6. The number of aliphatic hydroxyl groups excluding tert-OH is 1. The van der Waals surface area contributed by atoms with Crippen molar-refractivity contribution in [1.29, 1.82) is 0 Å². The Labute approximate surface area is 122 Å². The van der Waals surface area contributed by atoms with Gasteiger partial charge in [0.25, 0.3) is 0 Å². The van der Waals surface area contributed by atoms with Crippen molar-refractivity contribution < 1.29 is 14.3 Å². The van der Waals surface area contributed by atoms with Gasteiger partial charge < -0.3 is 15.7 Å². The van der Waals surface area contributed by atoms with E-state index >= 15 is 0 Å². The molecular weight excluding hydrogens is 279 g/mol. The number of aliphatic hydroxyl groups is 1. The van der Waals surface area contributed by atoms with Crippen LogP contribution in [0, 0.1) is 5.82 Å². The molecule has 0 aliphatic heterocycles. The second-order valence-electron chi connectivity index (χ2n) is 4.91. The normalized spacial score (nSPS) is 22.4. The fraction of sp³-hybridized carbons (Fsp3) is 0.500. The summed E-state index contributed by atoms with van der Waals surface area (Å²) in [6.07, 6.45) is 4.77. The van der Waals surface area contributed by atoms with Crippen molar-refractivity contribution >= 4 is 23.5 Å². The highest BCUT2D eigenvalue weighted by Crippen LogP contribution is 2.22. The molecule has 1 aliphatic rings. The van der Waals surface area contributed by atoms with Crippen LogP contribution in [0.15, 0.2) is 23.1 Å². The average Bonchev–Trinajstić information content (AvgIpc) is 2.41. The van der Waals surface area contributed by atoms with E-state index in [1.165, 1.54) is 17.8 Å². The van der Waals surface area contributed by atoms with Gasteiger partial charge in [-0.25, -0.2) is 9.18 Å². The Bertz CT molecular complexity index is 484. The van der Waals surface area contributed by atoms with E-state index in [0.717, 1.165) is 19.3 Å². The van der Waals surface area contributed by atoms with Gasteiger partial charge in [0, 0.05) is 10.6 Å². The van der Waals surface area contributed by atoms with Crippen LogP contribution in [-0.4, -0.2) is 29.5 Å². The van der Waals surface area contributed by atoms with Crippen molar-refractivity contribution in [2.45, 2.75) is 42.7 Å². The van der Waals surface area contributed by atoms with Gasteiger partial charge in [0.05, 0.1) is 12.1 Å². The molecule has 0 saturated heterocycles. The van der Waals surface area contributed by atoms with Crippen LogP contribution in [0.1, 0.15) is 25.7 Å². The lowest BCUT2D eigenvalue weighted by molar-refractivity contribution is 0.0955. The van der Waals surface area contributed by atoms with Crippen molar-refractivity contribution in [2.75, 3.05) is 11.6 Å². The number of rotatable bonds is 3. The molecule has 1 aromatic carbocycles. The second kappa shape index (κ2) is 6.95. The lowest BCUT2D eigenvalue weighted by Crippen LogP contribution is -2.46. The molecule has 1 aliphatic carbocycles. The minimum Gasteiger partial charge on any atom is -0.391 e. The Hall–Kier alpha value is -1.27. The summed E-state index contributed by atoms with van der Waals surface area (Å²) in [6, 6.07) is 3.95. The molecule has 2 atom stereocenters. The number of carbonyl (C=O) groups excluding carboxylic acids is 1. The summed E-state index contributed by atoms with van der Waals surface area (Å²) in [7, 11) is 0. The Kier molecular flexibility index (Phi) is 5.25. The SMILES string of the molecule is CSc1ccc(NC(=O)N[C@@H]2CCCC[C@H]2O)cc1F. The smallest absolute Gasteiger partial charge is 0.319 e. The molecule has 2 rings (SSSR count). The van der Waals surface area contributed by atoms with Gasteiger partial charge in [0.2, 0.25) is 0 Å². The van der Waals surface area contributed by atoms with Crippen molar-refractivity contribution in [3.63, 3.8) is 0 Å². The van der Waals surface area contributed by atoms with Crippen LogP contribution < -0.4 is 10.6 Å². The summed E-state index contributed by atoms with van der Waals surface area (Å²) >= 11 is 1.32. The molecule has 0 unspecified atom stereocenters. The van der Waals surface area contributed by atoms with E-state index in [4.69, 9.17) is 0 Å². The summed E-state index contributed by atoms with van der Waals surface area (Å²) in [5.74, 6) is -0.354. The first kappa shape index (κ1) is 15.1. The third-order valence-corrected chi connectivity index (χ3v) is 4.23. The van der Waals surface area contributed by atoms with Crippen LogP contribution in [0.4, 0.5) is 14.9 Å². The van der Waals surface area contributed by atoms with Crippen molar-refractivity contribution in [3.8, 4) is 0 Å². The lowest BCUT2D eigenvalue weighted by Gasteiger charge is -2.28. The molecule has 3 N–H and O–H groups in total. The number of benzene rings is 1. The fourth-order valence-electron chi connectivity index (χ4n) is 2.36. The molecular formula is C14H19FN2O2S. The highest BCUT2D eigenvalue weighted by atomic mass is 32.2. The summed E-state index contributed by atoms with van der Waals surface area (Å²) < 4.78 is 13.6. The number of hydrogen-bond acceptors (Lipinski definition) is 3. The molecule has 0 bridgehead atoms. The average molecular weight is 298 g/mol. The molecule has 1 saturated carbocycles. The van der Waals surface area contributed by atoms with Gasteiger partial charge in [0.15, 0.2) is 0 Å². The number of thioether (sulfide) groups is 1. The molecule has 0 heterocycles. The third kappa shape index (κ3) is 3.86. The Morgan fingerprint density at radius 1 is 1.40 bits per heavy atom. The van der Waals surface area contributed by atoms with E-state index in [-0.39, 0.29) is 11.9 Å². The molecule has 1 aromatic rings. The largest absolute Gasteiger partial charge is 0.391 e. The molecule has 2 amide bonds. The predicted molar refractivity (Wildman–Crippen MR) is 78.6 cm³/mol. The first-order valence-corrected chi connectivity index (χ1v) is 7.91. The molecule has 110 valence electrons. The maximum absolute atomic E-state index is 13.6. The molecule has 1 fully saturated rings. The predicted octanol–water partition coefficient (Wildman–Crippen LogP) is 2.97. The number of hydrogen-bond donors (Lipinski definition) is 3. The number of nitrogens with one attached hydrogen (secondary N) is 2. The Balaban J connectivity index is 1.92. The lowest BCUT2D eigenvalue weighted by atomic mass is 9.93. The monoisotopic (exact) mass is 298 g/mol. The number of carbonyl (C=O) groups is 1. The molecule has 0 radical (unpaired) electrons.